The average molecular weight is 393 g/mol. The summed E-state index contributed by atoms with van der Waals surface area (Å²) in [4.78, 5) is 18.2. The first-order valence-electron chi connectivity index (χ1n) is 9.32. The van der Waals surface area contributed by atoms with Crippen LogP contribution in [0.15, 0.2) is 61.8 Å². The van der Waals surface area contributed by atoms with Crippen LogP contribution in [0.25, 0.3) is 6.08 Å². The Bertz CT molecular complexity index is 1050. The number of amides is 1. The fourth-order valence-corrected chi connectivity index (χ4v) is 4.80. The summed E-state index contributed by atoms with van der Waals surface area (Å²) in [6.45, 7) is 1.85. The average Bonchev–Trinajstić information content (AvgIpc) is 3.48. The van der Waals surface area contributed by atoms with Gasteiger partial charge in [-0.05, 0) is 62.1 Å². The third-order valence-corrected chi connectivity index (χ3v) is 6.26. The minimum atomic E-state index is -0.237. The highest BCUT2D eigenvalue weighted by molar-refractivity contribution is 7.11. The van der Waals surface area contributed by atoms with Crippen LogP contribution in [0.2, 0.25) is 0 Å². The Kier molecular flexibility index (Phi) is 4.24. The van der Waals surface area contributed by atoms with Gasteiger partial charge in [0, 0.05) is 5.92 Å². The Morgan fingerprint density at radius 3 is 2.86 bits per heavy atom. The second-order valence-electron chi connectivity index (χ2n) is 7.05. The molecule has 0 unspecified atom stereocenters. The number of hydrazone groups is 1. The van der Waals surface area contributed by atoms with Gasteiger partial charge in [0.05, 0.1) is 29.4 Å². The fraction of sp³-hybridized carbons (Fsp3) is 0.286. The number of hydrogen-bond donors (Lipinski definition) is 0. The highest BCUT2D eigenvalue weighted by Crippen LogP contribution is 2.45. The van der Waals surface area contributed by atoms with Crippen LogP contribution in [-0.2, 0) is 0 Å². The van der Waals surface area contributed by atoms with Gasteiger partial charge in [0.1, 0.15) is 22.4 Å². The second-order valence-corrected chi connectivity index (χ2v) is 7.90. The molecule has 3 aromatic rings. The number of aryl methyl sites for hydroxylation is 1. The maximum atomic E-state index is 13.3. The van der Waals surface area contributed by atoms with Gasteiger partial charge in [-0.3, -0.25) is 4.79 Å². The summed E-state index contributed by atoms with van der Waals surface area (Å²) in [5.41, 5.74) is 4.51. The highest BCUT2D eigenvalue weighted by Gasteiger charge is 2.45. The molecule has 28 heavy (non-hydrogen) atoms. The number of nitrogens with zero attached hydrogens (tertiary/aromatic N) is 3. The lowest BCUT2D eigenvalue weighted by atomic mass is 9.79. The van der Waals surface area contributed by atoms with Crippen molar-refractivity contribution in [1.82, 2.24) is 9.99 Å². The van der Waals surface area contributed by atoms with E-state index in [0.29, 0.717) is 4.88 Å². The number of aromatic nitrogens is 1. The first-order chi connectivity index (χ1) is 13.7. The van der Waals surface area contributed by atoms with E-state index >= 15 is 0 Å². The lowest BCUT2D eigenvalue weighted by Crippen LogP contribution is -2.31. The van der Waals surface area contributed by atoms with Crippen LogP contribution in [0.4, 0.5) is 0 Å². The van der Waals surface area contributed by atoms with E-state index in [1.807, 2.05) is 37.3 Å². The van der Waals surface area contributed by atoms with Crippen molar-refractivity contribution in [2.45, 2.75) is 32.2 Å². The van der Waals surface area contributed by atoms with Gasteiger partial charge in [0.15, 0.2) is 0 Å². The normalized spacial score (nSPS) is 23.1. The SMILES string of the molecule is Cc1ncsc1C(=O)N1N=C2/C(=C/c3ccco3)CCC[C@H]2[C@H]1c1ccco1. The summed E-state index contributed by atoms with van der Waals surface area (Å²) in [5, 5.41) is 6.41. The molecule has 1 amide bonds. The Morgan fingerprint density at radius 1 is 1.29 bits per heavy atom. The number of hydrogen-bond acceptors (Lipinski definition) is 6. The molecule has 0 saturated heterocycles. The number of thiazole rings is 1. The maximum Gasteiger partial charge on any atom is 0.286 e. The molecule has 4 heterocycles. The molecular weight excluding hydrogens is 374 g/mol. The van der Waals surface area contributed by atoms with Crippen LogP contribution >= 0.6 is 11.3 Å². The van der Waals surface area contributed by atoms with Crippen molar-refractivity contribution in [3.05, 3.63) is 70.0 Å². The van der Waals surface area contributed by atoms with Crippen molar-refractivity contribution in [2.24, 2.45) is 11.0 Å². The summed E-state index contributed by atoms with van der Waals surface area (Å²) in [5.74, 6) is 1.55. The van der Waals surface area contributed by atoms with Gasteiger partial charge >= 0.3 is 0 Å². The molecule has 0 spiro atoms. The molecule has 3 aromatic heterocycles. The molecule has 0 bridgehead atoms. The molecule has 2 atom stereocenters. The second kappa shape index (κ2) is 6.91. The topological polar surface area (TPSA) is 71.8 Å². The highest BCUT2D eigenvalue weighted by atomic mass is 32.1. The number of allylic oxidation sites excluding steroid dienone is 1. The van der Waals surface area contributed by atoms with E-state index in [1.54, 1.807) is 23.0 Å². The monoisotopic (exact) mass is 393 g/mol. The van der Waals surface area contributed by atoms with Gasteiger partial charge < -0.3 is 8.83 Å². The number of carbonyl (C=O) groups excluding carboxylic acids is 1. The standard InChI is InChI=1S/C21H19N3O3S/c1-13-20(28-12-22-13)21(25)24-19(17-8-4-10-27-17)16-7-2-5-14(18(16)23-24)11-15-6-3-9-26-15/h3-4,6,8-12,16,19H,2,5,7H2,1H3/b14-11+/t16-,19+/m1/s1. The van der Waals surface area contributed by atoms with Gasteiger partial charge in [0.2, 0.25) is 0 Å². The lowest BCUT2D eigenvalue weighted by Gasteiger charge is -2.27. The lowest BCUT2D eigenvalue weighted by molar-refractivity contribution is 0.0660. The van der Waals surface area contributed by atoms with Gasteiger partial charge in [0.25, 0.3) is 5.91 Å². The van der Waals surface area contributed by atoms with Gasteiger partial charge in [-0.1, -0.05) is 0 Å². The zero-order chi connectivity index (χ0) is 19.1. The Morgan fingerprint density at radius 2 is 2.14 bits per heavy atom. The van der Waals surface area contributed by atoms with E-state index in [0.717, 1.165) is 47.8 Å². The van der Waals surface area contributed by atoms with Crippen LogP contribution in [0.5, 0.6) is 0 Å². The van der Waals surface area contributed by atoms with E-state index < -0.39 is 0 Å². The van der Waals surface area contributed by atoms with Crippen LogP contribution < -0.4 is 0 Å². The maximum absolute atomic E-state index is 13.3. The number of fused-ring (bicyclic) bond motifs is 1. The van der Waals surface area contributed by atoms with Crippen LogP contribution in [0.3, 0.4) is 0 Å². The van der Waals surface area contributed by atoms with Crippen molar-refractivity contribution in [1.29, 1.82) is 0 Å². The Labute approximate surface area is 166 Å². The smallest absolute Gasteiger partial charge is 0.286 e. The minimum Gasteiger partial charge on any atom is -0.467 e. The summed E-state index contributed by atoms with van der Waals surface area (Å²) in [6.07, 6.45) is 8.27. The zero-order valence-electron chi connectivity index (χ0n) is 15.4. The molecule has 1 saturated carbocycles. The predicted molar refractivity (Wildman–Crippen MR) is 106 cm³/mol. The molecule has 0 aromatic carbocycles. The fourth-order valence-electron chi connectivity index (χ4n) is 4.06. The predicted octanol–water partition coefficient (Wildman–Crippen LogP) is 5.07. The molecule has 1 aliphatic heterocycles. The van der Waals surface area contributed by atoms with Crippen LogP contribution in [0.1, 0.15) is 52.2 Å². The van der Waals surface area contributed by atoms with Gasteiger partial charge in [-0.2, -0.15) is 5.10 Å². The first kappa shape index (κ1) is 17.2. The minimum absolute atomic E-state index is 0.110. The Hall–Kier alpha value is -2.93. The van der Waals surface area contributed by atoms with Gasteiger partial charge in [-0.25, -0.2) is 9.99 Å². The van der Waals surface area contributed by atoms with Crippen molar-refractivity contribution in [2.75, 3.05) is 0 Å². The molecular formula is C21H19N3O3S. The molecule has 0 N–H and O–H groups in total. The van der Waals surface area contributed by atoms with Crippen LogP contribution in [0, 0.1) is 12.8 Å². The largest absolute Gasteiger partial charge is 0.467 e. The number of carbonyl (C=O) groups is 1. The summed E-state index contributed by atoms with van der Waals surface area (Å²) < 4.78 is 11.2. The first-order valence-corrected chi connectivity index (χ1v) is 10.2. The summed E-state index contributed by atoms with van der Waals surface area (Å²) in [7, 11) is 0. The molecule has 2 aliphatic rings. The van der Waals surface area contributed by atoms with E-state index in [9.17, 15) is 4.79 Å². The quantitative estimate of drug-likeness (QED) is 0.622. The number of furan rings is 2. The number of rotatable bonds is 3. The van der Waals surface area contributed by atoms with Crippen molar-refractivity contribution < 1.29 is 13.6 Å². The Balaban J connectivity index is 1.58. The van der Waals surface area contributed by atoms with E-state index in [2.05, 4.69) is 4.98 Å². The molecule has 5 rings (SSSR count). The molecule has 0 radical (unpaired) electrons. The van der Waals surface area contributed by atoms with E-state index in [4.69, 9.17) is 13.9 Å². The summed E-state index contributed by atoms with van der Waals surface area (Å²) >= 11 is 1.35. The van der Waals surface area contributed by atoms with E-state index in [1.165, 1.54) is 11.3 Å². The van der Waals surface area contributed by atoms with Crippen molar-refractivity contribution in [3.8, 4) is 0 Å². The third-order valence-electron chi connectivity index (χ3n) is 5.34. The zero-order valence-corrected chi connectivity index (χ0v) is 16.2. The molecule has 6 nitrogen and oxygen atoms in total. The third kappa shape index (κ3) is 2.82. The van der Waals surface area contributed by atoms with Crippen molar-refractivity contribution in [3.63, 3.8) is 0 Å². The van der Waals surface area contributed by atoms with Gasteiger partial charge in [-0.15, -0.1) is 11.3 Å². The molecule has 1 aliphatic carbocycles. The van der Waals surface area contributed by atoms with E-state index in [-0.39, 0.29) is 17.9 Å². The molecule has 142 valence electrons. The van der Waals surface area contributed by atoms with Crippen molar-refractivity contribution >= 4 is 29.0 Å². The van der Waals surface area contributed by atoms with Crippen LogP contribution in [-0.4, -0.2) is 21.6 Å². The summed E-state index contributed by atoms with van der Waals surface area (Å²) in [6, 6.07) is 7.35. The molecule has 7 heteroatoms. The molecule has 1 fully saturated rings.